The summed E-state index contributed by atoms with van der Waals surface area (Å²) in [5.74, 6) is 0.281. The Morgan fingerprint density at radius 2 is 2.31 bits per heavy atom. The maximum Gasteiger partial charge on any atom is 0.241 e. The molecule has 1 heterocycles. The molecule has 1 rings (SSSR count). The predicted octanol–water partition coefficient (Wildman–Crippen LogP) is 1.34. The lowest BCUT2D eigenvalue weighted by Gasteiger charge is -2.23. The summed E-state index contributed by atoms with van der Waals surface area (Å²) in [5.41, 5.74) is 0. The molecule has 13 heavy (non-hydrogen) atoms. The molecule has 3 heteroatoms. The largest absolute Gasteiger partial charge is 0.326 e. The number of nitrogens with zero attached hydrogens (tertiary/aromatic N) is 1. The Bertz CT molecular complexity index is 182. The fourth-order valence-electron chi connectivity index (χ4n) is 1.84. The van der Waals surface area contributed by atoms with Gasteiger partial charge in [-0.25, -0.2) is 0 Å². The van der Waals surface area contributed by atoms with Crippen molar-refractivity contribution >= 4 is 5.91 Å². The van der Waals surface area contributed by atoms with E-state index in [4.69, 9.17) is 0 Å². The highest BCUT2D eigenvalue weighted by atomic mass is 16.2. The van der Waals surface area contributed by atoms with E-state index in [1.807, 2.05) is 11.8 Å². The standard InChI is InChI=1S/C10H20N2O/c1-4-6-8(3)12-7-11-9(5-2)10(12)13/h8-9,11H,4-7H2,1-3H3. The van der Waals surface area contributed by atoms with Crippen LogP contribution < -0.4 is 5.32 Å². The van der Waals surface area contributed by atoms with Gasteiger partial charge in [-0.05, 0) is 19.8 Å². The molecule has 1 aliphatic heterocycles. The van der Waals surface area contributed by atoms with Crippen molar-refractivity contribution < 1.29 is 4.79 Å². The molecule has 1 amide bonds. The van der Waals surface area contributed by atoms with Crippen molar-refractivity contribution in [1.29, 1.82) is 0 Å². The van der Waals surface area contributed by atoms with E-state index >= 15 is 0 Å². The monoisotopic (exact) mass is 184 g/mol. The second kappa shape index (κ2) is 4.61. The third-order valence-electron chi connectivity index (χ3n) is 2.74. The lowest BCUT2D eigenvalue weighted by molar-refractivity contribution is -0.130. The molecule has 0 aromatic heterocycles. The van der Waals surface area contributed by atoms with E-state index < -0.39 is 0 Å². The highest BCUT2D eigenvalue weighted by molar-refractivity contribution is 5.83. The minimum atomic E-state index is 0.0688. The van der Waals surface area contributed by atoms with Crippen LogP contribution in [0.4, 0.5) is 0 Å². The molecule has 1 aliphatic rings. The first-order valence-electron chi connectivity index (χ1n) is 5.24. The number of nitrogens with one attached hydrogen (secondary N) is 1. The Morgan fingerprint density at radius 1 is 1.62 bits per heavy atom. The molecular formula is C10H20N2O. The molecule has 1 N–H and O–H groups in total. The molecule has 1 fully saturated rings. The molecule has 0 spiro atoms. The highest BCUT2D eigenvalue weighted by Crippen LogP contribution is 2.13. The van der Waals surface area contributed by atoms with Gasteiger partial charge in [-0.1, -0.05) is 20.3 Å². The van der Waals surface area contributed by atoms with Crippen LogP contribution in [0.15, 0.2) is 0 Å². The molecule has 1 saturated heterocycles. The van der Waals surface area contributed by atoms with E-state index in [1.165, 1.54) is 0 Å². The summed E-state index contributed by atoms with van der Waals surface area (Å²) < 4.78 is 0. The minimum absolute atomic E-state index is 0.0688. The van der Waals surface area contributed by atoms with Crippen LogP contribution in [0.3, 0.4) is 0 Å². The number of rotatable bonds is 4. The summed E-state index contributed by atoms with van der Waals surface area (Å²) in [6.45, 7) is 7.06. The topological polar surface area (TPSA) is 32.3 Å². The van der Waals surface area contributed by atoms with E-state index in [2.05, 4.69) is 19.2 Å². The number of carbonyl (C=O) groups is 1. The van der Waals surface area contributed by atoms with Gasteiger partial charge in [0.05, 0.1) is 12.7 Å². The summed E-state index contributed by atoms with van der Waals surface area (Å²) in [7, 11) is 0. The van der Waals surface area contributed by atoms with E-state index in [0.717, 1.165) is 25.9 Å². The predicted molar refractivity (Wildman–Crippen MR) is 53.3 cm³/mol. The first-order chi connectivity index (χ1) is 6.20. The Balaban J connectivity index is 2.49. The van der Waals surface area contributed by atoms with Gasteiger partial charge in [0.25, 0.3) is 0 Å². The van der Waals surface area contributed by atoms with Crippen molar-refractivity contribution in [3.8, 4) is 0 Å². The molecule has 0 saturated carbocycles. The smallest absolute Gasteiger partial charge is 0.241 e. The maximum absolute atomic E-state index is 11.7. The van der Waals surface area contributed by atoms with Gasteiger partial charge in [-0.15, -0.1) is 0 Å². The Morgan fingerprint density at radius 3 is 2.77 bits per heavy atom. The average molecular weight is 184 g/mol. The highest BCUT2D eigenvalue weighted by Gasteiger charge is 2.31. The maximum atomic E-state index is 11.7. The van der Waals surface area contributed by atoms with Crippen LogP contribution in [0, 0.1) is 0 Å². The molecule has 0 aromatic rings. The zero-order valence-corrected chi connectivity index (χ0v) is 8.84. The van der Waals surface area contributed by atoms with E-state index in [1.54, 1.807) is 0 Å². The van der Waals surface area contributed by atoms with Gasteiger partial charge in [0.1, 0.15) is 0 Å². The van der Waals surface area contributed by atoms with Gasteiger partial charge in [0, 0.05) is 6.04 Å². The lowest BCUT2D eigenvalue weighted by atomic mass is 10.1. The van der Waals surface area contributed by atoms with Crippen LogP contribution in [0.5, 0.6) is 0 Å². The van der Waals surface area contributed by atoms with Gasteiger partial charge >= 0.3 is 0 Å². The van der Waals surface area contributed by atoms with Crippen molar-refractivity contribution in [3.63, 3.8) is 0 Å². The average Bonchev–Trinajstić information content (AvgIpc) is 2.47. The first kappa shape index (κ1) is 10.5. The lowest BCUT2D eigenvalue weighted by Crippen LogP contribution is -2.36. The summed E-state index contributed by atoms with van der Waals surface area (Å²) in [5, 5.41) is 3.22. The third-order valence-corrected chi connectivity index (χ3v) is 2.74. The van der Waals surface area contributed by atoms with Crippen LogP contribution >= 0.6 is 0 Å². The minimum Gasteiger partial charge on any atom is -0.326 e. The van der Waals surface area contributed by atoms with Gasteiger partial charge < -0.3 is 4.90 Å². The number of amides is 1. The molecule has 76 valence electrons. The third kappa shape index (κ3) is 2.21. The summed E-state index contributed by atoms with van der Waals surface area (Å²) in [6.07, 6.45) is 3.14. The molecule has 0 radical (unpaired) electrons. The van der Waals surface area contributed by atoms with Crippen LogP contribution in [0.2, 0.25) is 0 Å². The summed E-state index contributed by atoms with van der Waals surface area (Å²) in [4.78, 5) is 13.7. The molecular weight excluding hydrogens is 164 g/mol. The van der Waals surface area contributed by atoms with Crippen LogP contribution in [-0.2, 0) is 4.79 Å². The zero-order chi connectivity index (χ0) is 9.84. The van der Waals surface area contributed by atoms with Crippen molar-refractivity contribution in [2.45, 2.75) is 52.1 Å². The van der Waals surface area contributed by atoms with E-state index in [0.29, 0.717) is 6.04 Å². The van der Waals surface area contributed by atoms with E-state index in [-0.39, 0.29) is 11.9 Å². The second-order valence-corrected chi connectivity index (χ2v) is 3.77. The Kier molecular flexibility index (Phi) is 3.72. The summed E-state index contributed by atoms with van der Waals surface area (Å²) in [6, 6.07) is 0.459. The van der Waals surface area contributed by atoms with Gasteiger partial charge in [-0.2, -0.15) is 0 Å². The molecule has 0 aromatic carbocycles. The van der Waals surface area contributed by atoms with Gasteiger partial charge in [0.2, 0.25) is 5.91 Å². The fraction of sp³-hybridized carbons (Fsp3) is 0.900. The Hall–Kier alpha value is -0.570. The molecule has 0 aliphatic carbocycles. The van der Waals surface area contributed by atoms with Crippen LogP contribution in [0.1, 0.15) is 40.0 Å². The SMILES string of the molecule is CCCC(C)N1CNC(CC)C1=O. The summed E-state index contributed by atoms with van der Waals surface area (Å²) >= 11 is 0. The van der Waals surface area contributed by atoms with Crippen molar-refractivity contribution in [3.05, 3.63) is 0 Å². The zero-order valence-electron chi connectivity index (χ0n) is 8.84. The van der Waals surface area contributed by atoms with Gasteiger partial charge in [0.15, 0.2) is 0 Å². The molecule has 2 unspecified atom stereocenters. The van der Waals surface area contributed by atoms with Crippen LogP contribution in [-0.4, -0.2) is 29.6 Å². The van der Waals surface area contributed by atoms with Gasteiger partial charge in [-0.3, -0.25) is 10.1 Å². The van der Waals surface area contributed by atoms with Crippen molar-refractivity contribution in [1.82, 2.24) is 10.2 Å². The molecule has 3 nitrogen and oxygen atoms in total. The van der Waals surface area contributed by atoms with Crippen molar-refractivity contribution in [2.24, 2.45) is 0 Å². The number of hydrogen-bond donors (Lipinski definition) is 1. The van der Waals surface area contributed by atoms with Crippen molar-refractivity contribution in [2.75, 3.05) is 6.67 Å². The molecule has 0 bridgehead atoms. The second-order valence-electron chi connectivity index (χ2n) is 3.77. The quantitative estimate of drug-likeness (QED) is 0.715. The molecule has 2 atom stereocenters. The fourth-order valence-corrected chi connectivity index (χ4v) is 1.84. The Labute approximate surface area is 80.5 Å². The first-order valence-corrected chi connectivity index (χ1v) is 5.24. The normalized spacial score (nSPS) is 25.3. The number of hydrogen-bond acceptors (Lipinski definition) is 2. The van der Waals surface area contributed by atoms with E-state index in [9.17, 15) is 4.79 Å². The van der Waals surface area contributed by atoms with Crippen LogP contribution in [0.25, 0.3) is 0 Å². The number of carbonyl (C=O) groups excluding carboxylic acids is 1.